The van der Waals surface area contributed by atoms with Crippen LogP contribution < -0.4 is 4.74 Å². The molecule has 3 heteroatoms. The summed E-state index contributed by atoms with van der Waals surface area (Å²) in [6.07, 6.45) is 6.23. The smallest absolute Gasteiger partial charge is 0.126 e. The third-order valence-corrected chi connectivity index (χ3v) is 3.96. The van der Waals surface area contributed by atoms with Gasteiger partial charge in [0.15, 0.2) is 0 Å². The molecule has 0 N–H and O–H groups in total. The van der Waals surface area contributed by atoms with Crippen LogP contribution in [0, 0.1) is 0 Å². The molecule has 0 atom stereocenters. The van der Waals surface area contributed by atoms with E-state index in [1.807, 2.05) is 60.7 Å². The van der Waals surface area contributed by atoms with Crippen molar-refractivity contribution in [3.05, 3.63) is 64.7 Å². The minimum absolute atomic E-state index is 0.739. The van der Waals surface area contributed by atoms with Crippen molar-refractivity contribution in [3.63, 3.8) is 0 Å². The zero-order valence-corrected chi connectivity index (χ0v) is 14.1. The number of halogens is 2. The number of para-hydroxylation sites is 1. The highest BCUT2D eigenvalue weighted by atomic mass is 79.9. The van der Waals surface area contributed by atoms with Crippen molar-refractivity contribution >= 4 is 39.7 Å². The van der Waals surface area contributed by atoms with Crippen LogP contribution in [0.25, 0.3) is 12.2 Å². The lowest BCUT2D eigenvalue weighted by Crippen LogP contribution is -1.98. The predicted octanol–water partition coefficient (Wildman–Crippen LogP) is 6.06. The molecule has 0 saturated carbocycles. The lowest BCUT2D eigenvalue weighted by molar-refractivity contribution is 0.309. The largest absolute Gasteiger partial charge is 0.493 e. The van der Waals surface area contributed by atoms with Crippen LogP contribution in [0.15, 0.2) is 48.5 Å². The Morgan fingerprint density at radius 1 is 0.905 bits per heavy atom. The van der Waals surface area contributed by atoms with Gasteiger partial charge in [0.2, 0.25) is 0 Å². The Labute approximate surface area is 139 Å². The molecule has 0 spiro atoms. The molecule has 0 fully saturated rings. The van der Waals surface area contributed by atoms with Gasteiger partial charge >= 0.3 is 0 Å². The summed E-state index contributed by atoms with van der Waals surface area (Å²) in [5.74, 6) is 0.912. The summed E-state index contributed by atoms with van der Waals surface area (Å²) in [7, 11) is 0. The quantitative estimate of drug-likeness (QED) is 0.329. The molecular weight excluding hydrogens is 348 g/mol. The van der Waals surface area contributed by atoms with E-state index >= 15 is 0 Å². The summed E-state index contributed by atoms with van der Waals surface area (Å²) in [6, 6.07) is 15.9. The van der Waals surface area contributed by atoms with Crippen molar-refractivity contribution in [2.24, 2.45) is 0 Å². The Morgan fingerprint density at radius 2 is 1.57 bits per heavy atom. The Kier molecular flexibility index (Phi) is 6.84. The molecule has 0 aliphatic heterocycles. The molecule has 0 bridgehead atoms. The molecule has 0 radical (unpaired) electrons. The second kappa shape index (κ2) is 8.91. The topological polar surface area (TPSA) is 9.23 Å². The van der Waals surface area contributed by atoms with E-state index in [9.17, 15) is 0 Å². The fourth-order valence-electron chi connectivity index (χ4n) is 1.92. The van der Waals surface area contributed by atoms with E-state index in [1.54, 1.807) is 0 Å². The molecular formula is C18H18BrClO. The van der Waals surface area contributed by atoms with Crippen LogP contribution in [0.3, 0.4) is 0 Å². The number of alkyl halides is 1. The Balaban J connectivity index is 2.07. The first-order valence-corrected chi connectivity index (χ1v) is 8.51. The van der Waals surface area contributed by atoms with Crippen molar-refractivity contribution in [1.82, 2.24) is 0 Å². The minimum Gasteiger partial charge on any atom is -0.493 e. The SMILES string of the molecule is Clc1ccccc1C=Cc1ccccc1OCCCCBr. The van der Waals surface area contributed by atoms with Crippen LogP contribution in [0.5, 0.6) is 5.75 Å². The molecule has 110 valence electrons. The van der Waals surface area contributed by atoms with Crippen LogP contribution >= 0.6 is 27.5 Å². The van der Waals surface area contributed by atoms with Crippen LogP contribution in [0.1, 0.15) is 24.0 Å². The molecule has 0 amide bonds. The monoisotopic (exact) mass is 364 g/mol. The zero-order valence-electron chi connectivity index (χ0n) is 11.8. The highest BCUT2D eigenvalue weighted by molar-refractivity contribution is 9.09. The lowest BCUT2D eigenvalue weighted by atomic mass is 10.1. The standard InChI is InChI=1S/C18H18BrClO/c19-13-5-6-14-21-18-10-4-2-8-16(18)12-11-15-7-1-3-9-17(15)20/h1-4,7-12H,5-6,13-14H2. The van der Waals surface area contributed by atoms with Gasteiger partial charge in [-0.15, -0.1) is 0 Å². The molecule has 0 saturated heterocycles. The maximum atomic E-state index is 6.16. The van der Waals surface area contributed by atoms with Crippen molar-refractivity contribution in [3.8, 4) is 5.75 Å². The Bertz CT molecular complexity index is 595. The van der Waals surface area contributed by atoms with Gasteiger partial charge in [-0.3, -0.25) is 0 Å². The number of ether oxygens (including phenoxy) is 1. The first kappa shape index (κ1) is 16.1. The molecule has 2 rings (SSSR count). The highest BCUT2D eigenvalue weighted by Gasteiger charge is 2.00. The molecule has 21 heavy (non-hydrogen) atoms. The minimum atomic E-state index is 0.739. The third-order valence-electron chi connectivity index (χ3n) is 3.05. The van der Waals surface area contributed by atoms with Gasteiger partial charge in [-0.25, -0.2) is 0 Å². The van der Waals surface area contributed by atoms with Crippen LogP contribution in [-0.2, 0) is 0 Å². The maximum Gasteiger partial charge on any atom is 0.126 e. The summed E-state index contributed by atoms with van der Waals surface area (Å²) in [6.45, 7) is 0.739. The molecule has 0 unspecified atom stereocenters. The van der Waals surface area contributed by atoms with E-state index < -0.39 is 0 Å². The Hall–Kier alpha value is -1.25. The van der Waals surface area contributed by atoms with Crippen molar-refractivity contribution in [1.29, 1.82) is 0 Å². The molecule has 2 aromatic rings. The van der Waals surface area contributed by atoms with Crippen LogP contribution in [0.4, 0.5) is 0 Å². The van der Waals surface area contributed by atoms with E-state index in [0.717, 1.165) is 46.7 Å². The second-order valence-corrected chi connectivity index (χ2v) is 5.84. The fourth-order valence-corrected chi connectivity index (χ4v) is 2.51. The molecule has 1 nitrogen and oxygen atoms in total. The molecule has 0 aliphatic rings. The van der Waals surface area contributed by atoms with Gasteiger partial charge in [-0.05, 0) is 30.5 Å². The van der Waals surface area contributed by atoms with Gasteiger partial charge in [0, 0.05) is 15.9 Å². The van der Waals surface area contributed by atoms with Gasteiger partial charge in [0.05, 0.1) is 6.61 Å². The van der Waals surface area contributed by atoms with Crippen LogP contribution in [0.2, 0.25) is 5.02 Å². The second-order valence-electron chi connectivity index (χ2n) is 4.64. The first-order valence-electron chi connectivity index (χ1n) is 7.01. The number of hydrogen-bond acceptors (Lipinski definition) is 1. The van der Waals surface area contributed by atoms with Crippen molar-refractivity contribution in [2.45, 2.75) is 12.8 Å². The van der Waals surface area contributed by atoms with Gasteiger partial charge in [-0.1, -0.05) is 76.1 Å². The van der Waals surface area contributed by atoms with Crippen molar-refractivity contribution in [2.75, 3.05) is 11.9 Å². The van der Waals surface area contributed by atoms with E-state index in [4.69, 9.17) is 16.3 Å². The van der Waals surface area contributed by atoms with Crippen molar-refractivity contribution < 1.29 is 4.74 Å². The summed E-state index contributed by atoms with van der Waals surface area (Å²) in [5, 5.41) is 1.77. The lowest BCUT2D eigenvalue weighted by Gasteiger charge is -2.08. The maximum absolute atomic E-state index is 6.16. The third kappa shape index (κ3) is 5.22. The van der Waals surface area contributed by atoms with Crippen LogP contribution in [-0.4, -0.2) is 11.9 Å². The predicted molar refractivity (Wildman–Crippen MR) is 95.3 cm³/mol. The van der Waals surface area contributed by atoms with Gasteiger partial charge in [0.1, 0.15) is 5.75 Å². The Morgan fingerprint density at radius 3 is 2.33 bits per heavy atom. The number of hydrogen-bond donors (Lipinski definition) is 0. The molecule has 2 aromatic carbocycles. The van der Waals surface area contributed by atoms with Gasteiger partial charge in [0.25, 0.3) is 0 Å². The number of rotatable bonds is 7. The summed E-state index contributed by atoms with van der Waals surface area (Å²) >= 11 is 9.59. The van der Waals surface area contributed by atoms with Gasteiger partial charge in [-0.2, -0.15) is 0 Å². The van der Waals surface area contributed by atoms with E-state index in [-0.39, 0.29) is 0 Å². The normalized spacial score (nSPS) is 11.0. The highest BCUT2D eigenvalue weighted by Crippen LogP contribution is 2.23. The number of unbranched alkanes of at least 4 members (excludes halogenated alkanes) is 1. The zero-order chi connectivity index (χ0) is 14.9. The summed E-state index contributed by atoms with van der Waals surface area (Å²) in [4.78, 5) is 0. The summed E-state index contributed by atoms with van der Waals surface area (Å²) < 4.78 is 5.85. The number of benzene rings is 2. The van der Waals surface area contributed by atoms with E-state index in [2.05, 4.69) is 15.9 Å². The molecule has 0 aliphatic carbocycles. The molecule has 0 aromatic heterocycles. The fraction of sp³-hybridized carbons (Fsp3) is 0.222. The van der Waals surface area contributed by atoms with E-state index in [1.165, 1.54) is 0 Å². The average molecular weight is 366 g/mol. The average Bonchev–Trinajstić information content (AvgIpc) is 2.52. The summed E-state index contributed by atoms with van der Waals surface area (Å²) in [5.41, 5.74) is 2.07. The first-order chi connectivity index (χ1) is 10.3. The van der Waals surface area contributed by atoms with E-state index in [0.29, 0.717) is 0 Å². The molecule has 0 heterocycles. The van der Waals surface area contributed by atoms with Gasteiger partial charge < -0.3 is 4.74 Å².